The monoisotopic (exact) mass is 298 g/mol. The fourth-order valence-corrected chi connectivity index (χ4v) is 3.61. The predicted molar refractivity (Wildman–Crippen MR) is 92.3 cm³/mol. The predicted octanol–water partition coefficient (Wildman–Crippen LogP) is 3.54. The summed E-state index contributed by atoms with van der Waals surface area (Å²) in [5, 5.41) is 16.4. The first-order valence-electron chi connectivity index (χ1n) is 8.37. The van der Waals surface area contributed by atoms with E-state index < -0.39 is 0 Å². The van der Waals surface area contributed by atoms with Crippen LogP contribution in [0.15, 0.2) is 36.4 Å². The summed E-state index contributed by atoms with van der Waals surface area (Å²) < 4.78 is 0. The number of piperazine rings is 1. The molecule has 1 unspecified atom stereocenters. The molecule has 2 aromatic rings. The first-order valence-corrected chi connectivity index (χ1v) is 8.37. The lowest BCUT2D eigenvalue weighted by Gasteiger charge is -2.39. The van der Waals surface area contributed by atoms with Crippen molar-refractivity contribution in [3.05, 3.63) is 42.0 Å². The number of hydrogen-bond acceptors (Lipinski definition) is 3. The number of rotatable bonds is 4. The van der Waals surface area contributed by atoms with E-state index in [0.717, 1.165) is 38.2 Å². The van der Waals surface area contributed by atoms with E-state index in [1.54, 1.807) is 0 Å². The molecule has 2 atom stereocenters. The van der Waals surface area contributed by atoms with Crippen LogP contribution in [0.2, 0.25) is 0 Å². The van der Waals surface area contributed by atoms with E-state index in [4.69, 9.17) is 0 Å². The Morgan fingerprint density at radius 3 is 2.59 bits per heavy atom. The second kappa shape index (κ2) is 6.67. The van der Waals surface area contributed by atoms with Crippen LogP contribution >= 0.6 is 0 Å². The molecule has 1 aliphatic heterocycles. The molecule has 3 heteroatoms. The Kier molecular flexibility index (Phi) is 4.65. The third-order valence-electron chi connectivity index (χ3n) is 4.97. The minimum absolute atomic E-state index is 0.276. The lowest BCUT2D eigenvalue weighted by molar-refractivity contribution is 0.127. The van der Waals surface area contributed by atoms with Gasteiger partial charge in [0.15, 0.2) is 0 Å². The Bertz CT molecular complexity index is 634. The third kappa shape index (κ3) is 2.83. The molecule has 1 fully saturated rings. The molecule has 1 aliphatic rings. The molecule has 0 bridgehead atoms. The second-order valence-corrected chi connectivity index (χ2v) is 6.34. The van der Waals surface area contributed by atoms with E-state index in [-0.39, 0.29) is 6.04 Å². The van der Waals surface area contributed by atoms with Crippen molar-refractivity contribution in [2.75, 3.05) is 26.2 Å². The second-order valence-electron chi connectivity index (χ2n) is 6.34. The normalized spacial score (nSPS) is 19.2. The number of nitrogens with one attached hydrogen (secondary N) is 1. The van der Waals surface area contributed by atoms with Crippen LogP contribution in [0, 0.1) is 5.92 Å². The van der Waals surface area contributed by atoms with Crippen molar-refractivity contribution < 1.29 is 5.11 Å². The lowest BCUT2D eigenvalue weighted by atomic mass is 9.87. The zero-order valence-corrected chi connectivity index (χ0v) is 13.5. The Morgan fingerprint density at radius 2 is 1.86 bits per heavy atom. The van der Waals surface area contributed by atoms with Gasteiger partial charge in [-0.25, -0.2) is 0 Å². The SMILES string of the molecule is CCC(C)[C@H](c1c(O)ccc2ccccc12)N1CCNCC1. The van der Waals surface area contributed by atoms with Crippen molar-refractivity contribution in [3.8, 4) is 5.75 Å². The average Bonchev–Trinajstić information content (AvgIpc) is 2.58. The van der Waals surface area contributed by atoms with Gasteiger partial charge in [-0.05, 0) is 22.8 Å². The van der Waals surface area contributed by atoms with E-state index in [1.807, 2.05) is 12.1 Å². The first kappa shape index (κ1) is 15.3. The van der Waals surface area contributed by atoms with E-state index in [1.165, 1.54) is 10.8 Å². The molecule has 22 heavy (non-hydrogen) atoms. The van der Waals surface area contributed by atoms with Gasteiger partial charge in [0.05, 0.1) is 0 Å². The van der Waals surface area contributed by atoms with E-state index in [9.17, 15) is 5.11 Å². The molecule has 2 aromatic carbocycles. The number of phenols is 1. The van der Waals surface area contributed by atoms with Crippen LogP contribution < -0.4 is 5.32 Å². The molecule has 0 radical (unpaired) electrons. The number of fused-ring (bicyclic) bond motifs is 1. The Morgan fingerprint density at radius 1 is 1.14 bits per heavy atom. The topological polar surface area (TPSA) is 35.5 Å². The smallest absolute Gasteiger partial charge is 0.121 e. The maximum atomic E-state index is 10.6. The van der Waals surface area contributed by atoms with Gasteiger partial charge in [0.1, 0.15) is 5.75 Å². The van der Waals surface area contributed by atoms with Crippen LogP contribution in [0.4, 0.5) is 0 Å². The van der Waals surface area contributed by atoms with Crippen molar-refractivity contribution in [3.63, 3.8) is 0 Å². The Hall–Kier alpha value is -1.58. The molecule has 3 nitrogen and oxygen atoms in total. The number of aromatic hydroxyl groups is 1. The van der Waals surface area contributed by atoms with Crippen LogP contribution in [-0.2, 0) is 0 Å². The van der Waals surface area contributed by atoms with Gasteiger partial charge in [0.25, 0.3) is 0 Å². The zero-order chi connectivity index (χ0) is 15.5. The summed E-state index contributed by atoms with van der Waals surface area (Å²) in [6.07, 6.45) is 1.11. The van der Waals surface area contributed by atoms with Crippen molar-refractivity contribution in [2.45, 2.75) is 26.3 Å². The molecule has 0 saturated carbocycles. The molecule has 3 rings (SSSR count). The molecular formula is C19H26N2O. The average molecular weight is 298 g/mol. The quantitative estimate of drug-likeness (QED) is 0.906. The van der Waals surface area contributed by atoms with Crippen LogP contribution in [0.1, 0.15) is 31.9 Å². The fourth-order valence-electron chi connectivity index (χ4n) is 3.61. The summed E-state index contributed by atoms with van der Waals surface area (Å²) in [6, 6.07) is 12.5. The molecule has 0 aliphatic carbocycles. The van der Waals surface area contributed by atoms with Crippen molar-refractivity contribution in [2.24, 2.45) is 5.92 Å². The minimum Gasteiger partial charge on any atom is -0.508 e. The van der Waals surface area contributed by atoms with Gasteiger partial charge in [0.2, 0.25) is 0 Å². The van der Waals surface area contributed by atoms with Gasteiger partial charge < -0.3 is 10.4 Å². The van der Waals surface area contributed by atoms with E-state index in [2.05, 4.69) is 48.3 Å². The summed E-state index contributed by atoms with van der Waals surface area (Å²) >= 11 is 0. The highest BCUT2D eigenvalue weighted by Crippen LogP contribution is 2.40. The number of nitrogens with zero attached hydrogens (tertiary/aromatic N) is 1. The highest BCUT2D eigenvalue weighted by atomic mass is 16.3. The molecule has 0 spiro atoms. The molecule has 0 aromatic heterocycles. The lowest BCUT2D eigenvalue weighted by Crippen LogP contribution is -2.46. The maximum absolute atomic E-state index is 10.6. The van der Waals surface area contributed by atoms with Crippen LogP contribution in [0.5, 0.6) is 5.75 Å². The van der Waals surface area contributed by atoms with Crippen LogP contribution in [-0.4, -0.2) is 36.2 Å². The van der Waals surface area contributed by atoms with Crippen molar-refractivity contribution in [1.82, 2.24) is 10.2 Å². The number of hydrogen-bond donors (Lipinski definition) is 2. The molecular weight excluding hydrogens is 272 g/mol. The zero-order valence-electron chi connectivity index (χ0n) is 13.5. The standard InChI is InChI=1S/C19H26N2O/c1-3-14(2)19(21-12-10-20-11-13-21)18-16-7-5-4-6-15(16)8-9-17(18)22/h4-9,14,19-20,22H,3,10-13H2,1-2H3/t14?,19-/m1/s1. The van der Waals surface area contributed by atoms with Gasteiger partial charge in [-0.1, -0.05) is 50.6 Å². The number of benzene rings is 2. The molecule has 1 saturated heterocycles. The molecule has 0 amide bonds. The summed E-state index contributed by atoms with van der Waals surface area (Å²) in [7, 11) is 0. The molecule has 1 heterocycles. The fraction of sp³-hybridized carbons (Fsp3) is 0.474. The van der Waals surface area contributed by atoms with Gasteiger partial charge >= 0.3 is 0 Å². The summed E-state index contributed by atoms with van der Waals surface area (Å²) in [6.45, 7) is 8.67. The van der Waals surface area contributed by atoms with Gasteiger partial charge in [0, 0.05) is 37.8 Å². The van der Waals surface area contributed by atoms with Gasteiger partial charge in [-0.3, -0.25) is 4.90 Å². The van der Waals surface area contributed by atoms with Gasteiger partial charge in [-0.15, -0.1) is 0 Å². The maximum Gasteiger partial charge on any atom is 0.121 e. The first-order chi connectivity index (χ1) is 10.7. The molecule has 118 valence electrons. The van der Waals surface area contributed by atoms with Crippen LogP contribution in [0.3, 0.4) is 0 Å². The number of phenolic OH excluding ortho intramolecular Hbond substituents is 1. The highest BCUT2D eigenvalue weighted by molar-refractivity contribution is 5.88. The third-order valence-corrected chi connectivity index (χ3v) is 4.97. The molecule has 2 N–H and O–H groups in total. The van der Waals surface area contributed by atoms with E-state index >= 15 is 0 Å². The Labute approximate surface area is 132 Å². The van der Waals surface area contributed by atoms with E-state index in [0.29, 0.717) is 11.7 Å². The summed E-state index contributed by atoms with van der Waals surface area (Å²) in [4.78, 5) is 2.53. The largest absolute Gasteiger partial charge is 0.508 e. The van der Waals surface area contributed by atoms with Crippen molar-refractivity contribution >= 4 is 10.8 Å². The minimum atomic E-state index is 0.276. The highest BCUT2D eigenvalue weighted by Gasteiger charge is 2.29. The summed E-state index contributed by atoms with van der Waals surface area (Å²) in [5.74, 6) is 0.942. The Balaban J connectivity index is 2.12. The van der Waals surface area contributed by atoms with Crippen LogP contribution in [0.25, 0.3) is 10.8 Å². The van der Waals surface area contributed by atoms with Gasteiger partial charge in [-0.2, -0.15) is 0 Å². The summed E-state index contributed by atoms with van der Waals surface area (Å²) in [5.41, 5.74) is 1.11. The van der Waals surface area contributed by atoms with Crippen molar-refractivity contribution in [1.29, 1.82) is 0 Å².